The summed E-state index contributed by atoms with van der Waals surface area (Å²) in [7, 11) is 0. The van der Waals surface area contributed by atoms with Crippen molar-refractivity contribution in [2.45, 2.75) is 44.2 Å². The highest BCUT2D eigenvalue weighted by atomic mass is 16.3. The van der Waals surface area contributed by atoms with Crippen LogP contribution in [0.5, 0.6) is 0 Å². The number of rotatable bonds is 7. The minimum absolute atomic E-state index is 0.132. The molecule has 0 bridgehead atoms. The summed E-state index contributed by atoms with van der Waals surface area (Å²) in [4.78, 5) is 24.0. The van der Waals surface area contributed by atoms with Crippen molar-refractivity contribution in [1.82, 2.24) is 15.3 Å². The van der Waals surface area contributed by atoms with Crippen LogP contribution in [-0.2, 0) is 4.79 Å². The van der Waals surface area contributed by atoms with E-state index in [0.29, 0.717) is 36.6 Å². The molecule has 6 heteroatoms. The van der Waals surface area contributed by atoms with Crippen LogP contribution in [-0.4, -0.2) is 34.5 Å². The van der Waals surface area contributed by atoms with Gasteiger partial charge >= 0.3 is 0 Å². The van der Waals surface area contributed by atoms with Crippen LogP contribution in [0.4, 0.5) is 5.82 Å². The van der Waals surface area contributed by atoms with Crippen molar-refractivity contribution < 1.29 is 9.21 Å². The van der Waals surface area contributed by atoms with Gasteiger partial charge in [0.15, 0.2) is 11.6 Å². The maximum absolute atomic E-state index is 12.2. The first-order valence-corrected chi connectivity index (χ1v) is 9.64. The predicted octanol–water partition coefficient (Wildman–Crippen LogP) is 3.53. The quantitative estimate of drug-likeness (QED) is 0.696. The molecule has 0 radical (unpaired) electrons. The van der Waals surface area contributed by atoms with Gasteiger partial charge in [0.05, 0.1) is 11.8 Å². The summed E-state index contributed by atoms with van der Waals surface area (Å²) in [5.41, 5.74) is 0.891. The van der Waals surface area contributed by atoms with Crippen molar-refractivity contribution in [3.8, 4) is 11.6 Å². The zero-order valence-corrected chi connectivity index (χ0v) is 15.1. The molecule has 1 amide bonds. The molecule has 27 heavy (non-hydrogen) atoms. The number of nitrogens with one attached hydrogen (secondary N) is 1. The summed E-state index contributed by atoms with van der Waals surface area (Å²) in [5, 5.41) is 4.09. The molecule has 2 aliphatic carbocycles. The molecule has 6 nitrogen and oxygen atoms in total. The first kappa shape index (κ1) is 16.3. The van der Waals surface area contributed by atoms with Gasteiger partial charge in [-0.05, 0) is 49.9 Å². The van der Waals surface area contributed by atoms with Crippen LogP contribution >= 0.6 is 0 Å². The molecule has 2 aliphatic rings. The largest absolute Gasteiger partial charge is 0.461 e. The lowest BCUT2D eigenvalue weighted by Gasteiger charge is -2.25. The first-order chi connectivity index (χ1) is 13.3. The van der Waals surface area contributed by atoms with Crippen molar-refractivity contribution in [2.75, 3.05) is 11.4 Å². The Morgan fingerprint density at radius 1 is 1.11 bits per heavy atom. The molecule has 3 aromatic rings. The van der Waals surface area contributed by atoms with Crippen LogP contribution in [0.15, 0.2) is 47.1 Å². The topological polar surface area (TPSA) is 71.3 Å². The molecule has 0 unspecified atom stereocenters. The van der Waals surface area contributed by atoms with Crippen molar-refractivity contribution in [1.29, 1.82) is 0 Å². The second-order valence-corrected chi connectivity index (χ2v) is 7.38. The number of hydrogen-bond donors (Lipinski definition) is 1. The molecular formula is C21H22N4O2. The van der Waals surface area contributed by atoms with Crippen molar-refractivity contribution in [3.05, 3.63) is 42.7 Å². The Hall–Kier alpha value is -2.89. The molecule has 2 saturated carbocycles. The third-order valence-corrected chi connectivity index (χ3v) is 5.11. The van der Waals surface area contributed by atoms with Crippen LogP contribution in [0, 0.1) is 0 Å². The van der Waals surface area contributed by atoms with Gasteiger partial charge in [0.25, 0.3) is 0 Å². The van der Waals surface area contributed by atoms with Crippen LogP contribution in [0.3, 0.4) is 0 Å². The maximum atomic E-state index is 12.2. The summed E-state index contributed by atoms with van der Waals surface area (Å²) < 4.78 is 5.52. The van der Waals surface area contributed by atoms with E-state index in [2.05, 4.69) is 21.3 Å². The molecule has 2 aromatic heterocycles. The highest BCUT2D eigenvalue weighted by Gasteiger charge is 2.32. The lowest BCUT2D eigenvalue weighted by Crippen LogP contribution is -2.33. The van der Waals surface area contributed by atoms with E-state index in [-0.39, 0.29) is 5.91 Å². The number of anilines is 1. The van der Waals surface area contributed by atoms with Crippen LogP contribution in [0.2, 0.25) is 0 Å². The van der Waals surface area contributed by atoms with E-state index >= 15 is 0 Å². The minimum atomic E-state index is 0.132. The number of furan rings is 1. The first-order valence-electron chi connectivity index (χ1n) is 9.64. The highest BCUT2D eigenvalue weighted by molar-refractivity contribution is 5.91. The van der Waals surface area contributed by atoms with Crippen molar-refractivity contribution in [3.63, 3.8) is 0 Å². The van der Waals surface area contributed by atoms with Crippen LogP contribution in [0.25, 0.3) is 22.5 Å². The normalized spacial score (nSPS) is 16.4. The van der Waals surface area contributed by atoms with Crippen molar-refractivity contribution >= 4 is 22.6 Å². The van der Waals surface area contributed by atoms with Crippen LogP contribution < -0.4 is 10.2 Å². The Balaban J connectivity index is 1.49. The Bertz CT molecular complexity index is 961. The van der Waals surface area contributed by atoms with E-state index in [1.54, 1.807) is 6.26 Å². The molecule has 2 heterocycles. The third-order valence-electron chi connectivity index (χ3n) is 5.11. The number of hydrogen-bond acceptors (Lipinski definition) is 5. The van der Waals surface area contributed by atoms with E-state index in [1.807, 2.05) is 30.3 Å². The summed E-state index contributed by atoms with van der Waals surface area (Å²) in [6.45, 7) is 0.668. The van der Waals surface area contributed by atoms with Gasteiger partial charge in [-0.1, -0.05) is 12.1 Å². The zero-order chi connectivity index (χ0) is 18.2. The molecule has 0 spiro atoms. The molecule has 0 saturated heterocycles. The molecule has 2 fully saturated rings. The fourth-order valence-electron chi connectivity index (χ4n) is 3.39. The van der Waals surface area contributed by atoms with E-state index in [9.17, 15) is 4.79 Å². The molecular weight excluding hydrogens is 340 g/mol. The number of amides is 1. The zero-order valence-electron chi connectivity index (χ0n) is 15.1. The van der Waals surface area contributed by atoms with E-state index in [1.165, 1.54) is 0 Å². The number of para-hydroxylation sites is 1. The second-order valence-electron chi connectivity index (χ2n) is 7.38. The minimum Gasteiger partial charge on any atom is -0.461 e. The number of nitrogens with zero attached hydrogens (tertiary/aromatic N) is 3. The Labute approximate surface area is 157 Å². The average molecular weight is 362 g/mol. The third kappa shape index (κ3) is 3.52. The van der Waals surface area contributed by atoms with Gasteiger partial charge in [0.1, 0.15) is 5.82 Å². The van der Waals surface area contributed by atoms with Crippen molar-refractivity contribution in [2.24, 2.45) is 0 Å². The van der Waals surface area contributed by atoms with E-state index in [0.717, 1.165) is 42.4 Å². The lowest BCUT2D eigenvalue weighted by molar-refractivity contribution is -0.121. The van der Waals surface area contributed by atoms with Gasteiger partial charge in [-0.2, -0.15) is 0 Å². The Morgan fingerprint density at radius 2 is 1.96 bits per heavy atom. The summed E-state index contributed by atoms with van der Waals surface area (Å²) in [5.74, 6) is 2.27. The van der Waals surface area contributed by atoms with Gasteiger partial charge in [-0.3, -0.25) is 4.79 Å². The van der Waals surface area contributed by atoms with E-state index < -0.39 is 0 Å². The number of benzene rings is 1. The number of carbonyl (C=O) groups excluding carboxylic acids is 1. The summed E-state index contributed by atoms with van der Waals surface area (Å²) in [6, 6.07) is 12.6. The molecule has 138 valence electrons. The molecule has 1 N–H and O–H groups in total. The summed E-state index contributed by atoms with van der Waals surface area (Å²) >= 11 is 0. The number of carbonyl (C=O) groups is 1. The number of aromatic nitrogens is 2. The van der Waals surface area contributed by atoms with E-state index in [4.69, 9.17) is 9.40 Å². The molecule has 1 aromatic carbocycles. The monoisotopic (exact) mass is 362 g/mol. The smallest absolute Gasteiger partial charge is 0.221 e. The van der Waals surface area contributed by atoms with Gasteiger partial charge in [-0.25, -0.2) is 9.97 Å². The Morgan fingerprint density at radius 3 is 2.70 bits per heavy atom. The van der Waals surface area contributed by atoms with Gasteiger partial charge in [0, 0.05) is 30.4 Å². The average Bonchev–Trinajstić information content (AvgIpc) is 3.62. The lowest BCUT2D eigenvalue weighted by atomic mass is 10.2. The Kier molecular flexibility index (Phi) is 4.03. The fourth-order valence-corrected chi connectivity index (χ4v) is 3.39. The molecule has 0 aliphatic heterocycles. The predicted molar refractivity (Wildman–Crippen MR) is 103 cm³/mol. The fraction of sp³-hybridized carbons (Fsp3) is 0.381. The van der Waals surface area contributed by atoms with Crippen LogP contribution in [0.1, 0.15) is 32.1 Å². The maximum Gasteiger partial charge on any atom is 0.221 e. The van der Waals surface area contributed by atoms with Gasteiger partial charge < -0.3 is 14.6 Å². The highest BCUT2D eigenvalue weighted by Crippen LogP contribution is 2.35. The second kappa shape index (κ2) is 6.68. The van der Waals surface area contributed by atoms with Gasteiger partial charge in [-0.15, -0.1) is 0 Å². The standard InChI is InChI=1S/C21H22N4O2/c26-19(22-14-7-8-14)11-12-25(15-9-10-15)21-16-4-1-2-5-17(16)23-20(24-21)18-6-3-13-27-18/h1-6,13-15H,7-12H2,(H,22,26). The number of fused-ring (bicyclic) bond motifs is 1. The SMILES string of the molecule is O=C(CCN(c1nc(-c2ccco2)nc2ccccc12)C1CC1)NC1CC1. The molecule has 5 rings (SSSR count). The summed E-state index contributed by atoms with van der Waals surface area (Å²) in [6.07, 6.45) is 6.62. The van der Waals surface area contributed by atoms with Gasteiger partial charge in [0.2, 0.25) is 5.91 Å². The molecule has 0 atom stereocenters.